The van der Waals surface area contributed by atoms with Crippen LogP contribution in [0, 0.1) is 5.82 Å². The Balaban J connectivity index is 1.55. The van der Waals surface area contributed by atoms with Crippen molar-refractivity contribution in [1.29, 1.82) is 0 Å². The average Bonchev–Trinajstić information content (AvgIpc) is 3.12. The molecule has 0 aromatic heterocycles. The van der Waals surface area contributed by atoms with Gasteiger partial charge >= 0.3 is 5.97 Å². The number of benzene rings is 3. The fourth-order valence-corrected chi connectivity index (χ4v) is 5.91. The smallest absolute Gasteiger partial charge is 0.335 e. The minimum Gasteiger partial charge on any atom is -0.487 e. The molecule has 1 heterocycles. The predicted octanol–water partition coefficient (Wildman–Crippen LogP) is 7.25. The summed E-state index contributed by atoms with van der Waals surface area (Å²) < 4.78 is 20.7. The molecule has 6 nitrogen and oxygen atoms in total. The maximum atomic E-state index is 13.4. The number of ether oxygens (including phenoxy) is 1. The molecule has 10 heteroatoms. The standard InChI is InChI=1S/C26H19Br2FN2O4S/c1-2-31-24(32)22(36-26(31)30-19-8-6-17(7-9-19)25(33)34)13-16-11-20(27)23(21(28)12-16)35-14-15-4-3-5-18(29)10-15/h3-13H,2,14H2,1H3,(H,33,34). The molecule has 1 aliphatic heterocycles. The lowest BCUT2D eigenvalue weighted by molar-refractivity contribution is -0.122. The highest BCUT2D eigenvalue weighted by atomic mass is 79.9. The Bertz CT molecular complexity index is 1370. The van der Waals surface area contributed by atoms with Crippen molar-refractivity contribution in [2.24, 2.45) is 4.99 Å². The van der Waals surface area contributed by atoms with Crippen molar-refractivity contribution in [3.05, 3.63) is 97.0 Å². The Morgan fingerprint density at radius 3 is 2.44 bits per heavy atom. The first kappa shape index (κ1) is 26.1. The number of aliphatic imine (C=N–C) groups is 1. The lowest BCUT2D eigenvalue weighted by Gasteiger charge is -2.12. The molecule has 1 aliphatic rings. The Hall–Kier alpha value is -2.95. The maximum absolute atomic E-state index is 13.4. The Morgan fingerprint density at radius 2 is 1.83 bits per heavy atom. The Labute approximate surface area is 228 Å². The third kappa shape index (κ3) is 6.05. The topological polar surface area (TPSA) is 79.2 Å². The molecule has 1 saturated heterocycles. The number of hydrogen-bond donors (Lipinski definition) is 1. The van der Waals surface area contributed by atoms with Crippen LogP contribution in [0.4, 0.5) is 10.1 Å². The predicted molar refractivity (Wildman–Crippen MR) is 146 cm³/mol. The van der Waals surface area contributed by atoms with E-state index < -0.39 is 5.97 Å². The first-order valence-electron chi connectivity index (χ1n) is 10.7. The number of amides is 1. The molecule has 0 atom stereocenters. The van der Waals surface area contributed by atoms with Gasteiger partial charge in [0.2, 0.25) is 0 Å². The van der Waals surface area contributed by atoms with Crippen molar-refractivity contribution < 1.29 is 23.8 Å². The Morgan fingerprint density at radius 1 is 1.14 bits per heavy atom. The number of thioether (sulfide) groups is 1. The van der Waals surface area contributed by atoms with Crippen LogP contribution in [0.2, 0.25) is 0 Å². The zero-order valence-electron chi connectivity index (χ0n) is 18.9. The van der Waals surface area contributed by atoms with Gasteiger partial charge < -0.3 is 9.84 Å². The van der Waals surface area contributed by atoms with E-state index in [-0.39, 0.29) is 23.9 Å². The van der Waals surface area contributed by atoms with Crippen LogP contribution >= 0.6 is 43.6 Å². The summed E-state index contributed by atoms with van der Waals surface area (Å²) >= 11 is 8.29. The molecule has 36 heavy (non-hydrogen) atoms. The number of aromatic carboxylic acids is 1. The molecule has 0 radical (unpaired) electrons. The summed E-state index contributed by atoms with van der Waals surface area (Å²) in [6.45, 7) is 2.50. The van der Waals surface area contributed by atoms with Crippen molar-refractivity contribution in [2.75, 3.05) is 6.54 Å². The van der Waals surface area contributed by atoms with Gasteiger partial charge in [0.1, 0.15) is 18.2 Å². The van der Waals surface area contributed by atoms with Gasteiger partial charge in [0, 0.05) is 6.54 Å². The van der Waals surface area contributed by atoms with Gasteiger partial charge in [0.15, 0.2) is 5.17 Å². The monoisotopic (exact) mass is 632 g/mol. The number of rotatable bonds is 7. The van der Waals surface area contributed by atoms with Gasteiger partial charge in [-0.1, -0.05) is 12.1 Å². The molecule has 4 rings (SSSR count). The van der Waals surface area contributed by atoms with E-state index in [0.29, 0.717) is 42.6 Å². The van der Waals surface area contributed by atoms with Crippen LogP contribution in [0.1, 0.15) is 28.4 Å². The minimum absolute atomic E-state index is 0.165. The Kier molecular flexibility index (Phi) is 8.28. The number of halogens is 3. The van der Waals surface area contributed by atoms with E-state index >= 15 is 0 Å². The van der Waals surface area contributed by atoms with Crippen molar-refractivity contribution >= 4 is 72.4 Å². The van der Waals surface area contributed by atoms with Crippen LogP contribution in [-0.2, 0) is 11.4 Å². The summed E-state index contributed by atoms with van der Waals surface area (Å²) in [5.74, 6) is -0.935. The zero-order chi connectivity index (χ0) is 25.8. The van der Waals surface area contributed by atoms with E-state index in [2.05, 4.69) is 36.9 Å². The highest BCUT2D eigenvalue weighted by molar-refractivity contribution is 9.11. The summed E-state index contributed by atoms with van der Waals surface area (Å²) in [6.07, 6.45) is 1.78. The molecule has 0 saturated carbocycles. The molecular formula is C26H19Br2FN2O4S. The van der Waals surface area contributed by atoms with Crippen LogP contribution in [-0.4, -0.2) is 33.6 Å². The number of amidine groups is 1. The molecular weight excluding hydrogens is 615 g/mol. The number of carboxylic acid groups (broad SMARTS) is 1. The quantitative estimate of drug-likeness (QED) is 0.277. The van der Waals surface area contributed by atoms with Crippen molar-refractivity contribution in [2.45, 2.75) is 13.5 Å². The summed E-state index contributed by atoms with van der Waals surface area (Å²) in [5.41, 5.74) is 2.20. The highest BCUT2D eigenvalue weighted by Crippen LogP contribution is 2.38. The van der Waals surface area contributed by atoms with Crippen molar-refractivity contribution in [3.63, 3.8) is 0 Å². The molecule has 0 spiro atoms. The largest absolute Gasteiger partial charge is 0.487 e. The van der Waals surface area contributed by atoms with Crippen LogP contribution in [0.15, 0.2) is 79.5 Å². The molecule has 0 unspecified atom stereocenters. The van der Waals surface area contributed by atoms with Crippen molar-refractivity contribution in [3.8, 4) is 5.75 Å². The first-order valence-corrected chi connectivity index (χ1v) is 13.1. The van der Waals surface area contributed by atoms with Crippen LogP contribution in [0.3, 0.4) is 0 Å². The summed E-state index contributed by atoms with van der Waals surface area (Å²) in [5, 5.41) is 9.59. The highest BCUT2D eigenvalue weighted by Gasteiger charge is 2.32. The van der Waals surface area contributed by atoms with Gasteiger partial charge in [-0.2, -0.15) is 0 Å². The van der Waals surface area contributed by atoms with E-state index in [4.69, 9.17) is 9.84 Å². The van der Waals surface area contributed by atoms with Crippen LogP contribution in [0.25, 0.3) is 6.08 Å². The number of nitrogens with zero attached hydrogens (tertiary/aromatic N) is 2. The van der Waals surface area contributed by atoms with Gasteiger partial charge in [-0.15, -0.1) is 0 Å². The second kappa shape index (κ2) is 11.4. The number of likely N-dealkylation sites (N-methyl/N-ethyl adjacent to an activating group) is 1. The molecule has 1 fully saturated rings. The van der Waals surface area contributed by atoms with Crippen molar-refractivity contribution in [1.82, 2.24) is 4.90 Å². The summed E-state index contributed by atoms with van der Waals surface area (Å²) in [4.78, 5) is 30.7. The molecule has 184 valence electrons. The van der Waals surface area contributed by atoms with E-state index in [1.54, 1.807) is 35.2 Å². The second-order valence-electron chi connectivity index (χ2n) is 7.64. The SMILES string of the molecule is CCN1C(=O)C(=Cc2cc(Br)c(OCc3cccc(F)c3)c(Br)c2)SC1=Nc1ccc(C(=O)O)cc1. The fourth-order valence-electron chi connectivity index (χ4n) is 3.39. The van der Waals surface area contributed by atoms with Gasteiger partial charge in [0.25, 0.3) is 5.91 Å². The first-order chi connectivity index (χ1) is 17.2. The van der Waals surface area contributed by atoms with Gasteiger partial charge in [-0.05, 0) is 116 Å². The van der Waals surface area contributed by atoms with Gasteiger partial charge in [-0.25, -0.2) is 14.2 Å². The zero-order valence-corrected chi connectivity index (χ0v) is 22.9. The molecule has 0 bridgehead atoms. The lowest BCUT2D eigenvalue weighted by atomic mass is 10.2. The second-order valence-corrected chi connectivity index (χ2v) is 10.4. The molecule has 3 aromatic rings. The third-order valence-corrected chi connectivity index (χ3v) is 7.32. The van der Waals surface area contributed by atoms with E-state index in [9.17, 15) is 14.0 Å². The maximum Gasteiger partial charge on any atom is 0.335 e. The summed E-state index contributed by atoms with van der Waals surface area (Å²) in [7, 11) is 0. The van der Waals surface area contributed by atoms with Gasteiger partial charge in [-0.3, -0.25) is 9.69 Å². The lowest BCUT2D eigenvalue weighted by Crippen LogP contribution is -2.28. The molecule has 3 aromatic carbocycles. The fraction of sp³-hybridized carbons (Fsp3) is 0.115. The third-order valence-electron chi connectivity index (χ3n) is 5.13. The normalized spacial score (nSPS) is 15.7. The van der Waals surface area contributed by atoms with E-state index in [1.807, 2.05) is 19.1 Å². The average molecular weight is 634 g/mol. The van der Waals surface area contributed by atoms with E-state index in [0.717, 1.165) is 5.56 Å². The molecule has 1 N–H and O–H groups in total. The summed E-state index contributed by atoms with van der Waals surface area (Å²) in [6, 6.07) is 16.0. The van der Waals surface area contributed by atoms with Crippen LogP contribution in [0.5, 0.6) is 5.75 Å². The number of carbonyl (C=O) groups excluding carboxylic acids is 1. The minimum atomic E-state index is -1.01. The number of carbonyl (C=O) groups is 2. The number of hydrogen-bond acceptors (Lipinski definition) is 5. The molecule has 1 amide bonds. The molecule has 0 aliphatic carbocycles. The van der Waals surface area contributed by atoms with Gasteiger partial charge in [0.05, 0.1) is 25.1 Å². The van der Waals surface area contributed by atoms with E-state index in [1.165, 1.54) is 36.0 Å². The number of carboxylic acids is 1. The van der Waals surface area contributed by atoms with Crippen LogP contribution < -0.4 is 4.74 Å².